The van der Waals surface area contributed by atoms with Crippen LogP contribution in [0.5, 0.6) is 11.5 Å². The van der Waals surface area contributed by atoms with E-state index in [1.807, 2.05) is 36.4 Å². The fraction of sp³-hybridized carbons (Fsp3) is 0.0741. The summed E-state index contributed by atoms with van der Waals surface area (Å²) < 4.78 is 10.7. The molecule has 0 saturated heterocycles. The fourth-order valence-electron chi connectivity index (χ4n) is 2.97. The van der Waals surface area contributed by atoms with E-state index in [2.05, 4.69) is 5.32 Å². The second kappa shape index (κ2) is 12.4. The smallest absolute Gasteiger partial charge is 0.336 e. The van der Waals surface area contributed by atoms with Crippen molar-refractivity contribution in [1.82, 2.24) is 5.32 Å². The van der Waals surface area contributed by atoms with Crippen LogP contribution < -0.4 is 14.8 Å². The lowest BCUT2D eigenvalue weighted by molar-refractivity contribution is -0.129. The predicted octanol–water partition coefficient (Wildman–Crippen LogP) is 5.84. The summed E-state index contributed by atoms with van der Waals surface area (Å²) in [5.74, 6) is -0.688. The zero-order chi connectivity index (χ0) is 25.2. The number of methoxy groups -OCH3 is 1. The van der Waals surface area contributed by atoms with E-state index < -0.39 is 11.9 Å². The van der Waals surface area contributed by atoms with Gasteiger partial charge in [-0.25, -0.2) is 4.79 Å². The summed E-state index contributed by atoms with van der Waals surface area (Å²) in [6.45, 7) is 0.298. The molecule has 8 heteroatoms. The molecule has 3 aromatic rings. The zero-order valence-corrected chi connectivity index (χ0v) is 20.1. The fourth-order valence-corrected chi connectivity index (χ4v) is 3.28. The van der Waals surface area contributed by atoms with Crippen LogP contribution in [0.3, 0.4) is 0 Å². The Balaban J connectivity index is 1.69. The van der Waals surface area contributed by atoms with Crippen LogP contribution in [-0.2, 0) is 16.1 Å². The number of benzene rings is 3. The van der Waals surface area contributed by atoms with Crippen LogP contribution >= 0.6 is 23.2 Å². The lowest BCUT2D eigenvalue weighted by Crippen LogP contribution is -2.23. The number of ether oxygens (including phenoxy) is 2. The van der Waals surface area contributed by atoms with Gasteiger partial charge in [0.25, 0.3) is 5.91 Å². The summed E-state index contributed by atoms with van der Waals surface area (Å²) in [6.07, 6.45) is 4.22. The Morgan fingerprint density at radius 1 is 0.971 bits per heavy atom. The first-order valence-corrected chi connectivity index (χ1v) is 11.1. The van der Waals surface area contributed by atoms with Crippen molar-refractivity contribution in [3.63, 3.8) is 0 Å². The second-order valence-corrected chi connectivity index (χ2v) is 7.99. The molecule has 0 aromatic heterocycles. The molecule has 35 heavy (non-hydrogen) atoms. The number of halogens is 2. The minimum absolute atomic E-state index is 0.0720. The minimum Gasteiger partial charge on any atom is -0.493 e. The van der Waals surface area contributed by atoms with Crippen molar-refractivity contribution in [2.75, 3.05) is 7.11 Å². The van der Waals surface area contributed by atoms with Gasteiger partial charge >= 0.3 is 5.97 Å². The van der Waals surface area contributed by atoms with Crippen molar-refractivity contribution < 1.29 is 19.1 Å². The van der Waals surface area contributed by atoms with Crippen LogP contribution in [-0.4, -0.2) is 19.0 Å². The molecule has 0 spiro atoms. The van der Waals surface area contributed by atoms with Gasteiger partial charge in [0.05, 0.1) is 17.2 Å². The number of nitrogens with zero attached hydrogens (tertiary/aromatic N) is 1. The van der Waals surface area contributed by atoms with E-state index >= 15 is 0 Å². The summed E-state index contributed by atoms with van der Waals surface area (Å²) in [6, 6.07) is 20.9. The van der Waals surface area contributed by atoms with E-state index in [-0.39, 0.29) is 17.1 Å². The van der Waals surface area contributed by atoms with E-state index in [9.17, 15) is 14.9 Å². The van der Waals surface area contributed by atoms with Crippen molar-refractivity contribution in [2.45, 2.75) is 6.54 Å². The normalized spacial score (nSPS) is 11.1. The van der Waals surface area contributed by atoms with Crippen LogP contribution in [0.1, 0.15) is 16.7 Å². The Morgan fingerprint density at radius 2 is 1.71 bits per heavy atom. The standard InChI is InChI=1S/C27H20Cl2N2O4/c1-34-25-15-20(13-21(16-30)27(33)31-17-19-5-3-2-4-6-19)8-11-24(25)35-26(32)12-9-18-7-10-22(28)23(29)14-18/h2-15H,17H2,1H3,(H,31,33)/b12-9+,21-13+. The summed E-state index contributed by atoms with van der Waals surface area (Å²) in [7, 11) is 1.42. The largest absolute Gasteiger partial charge is 0.493 e. The van der Waals surface area contributed by atoms with Gasteiger partial charge in [-0.05, 0) is 53.1 Å². The molecule has 6 nitrogen and oxygen atoms in total. The Morgan fingerprint density at radius 3 is 2.40 bits per heavy atom. The summed E-state index contributed by atoms with van der Waals surface area (Å²) in [5.41, 5.74) is 2.05. The van der Waals surface area contributed by atoms with Crippen molar-refractivity contribution >= 4 is 47.2 Å². The number of hydrogen-bond donors (Lipinski definition) is 1. The lowest BCUT2D eigenvalue weighted by Gasteiger charge is -2.09. The molecule has 1 amide bonds. The molecule has 0 bridgehead atoms. The first-order valence-electron chi connectivity index (χ1n) is 10.4. The highest BCUT2D eigenvalue weighted by Gasteiger charge is 2.12. The van der Waals surface area contributed by atoms with Gasteiger partial charge < -0.3 is 14.8 Å². The van der Waals surface area contributed by atoms with Gasteiger partial charge in [0, 0.05) is 12.6 Å². The number of rotatable bonds is 8. The maximum absolute atomic E-state index is 12.4. The number of nitrogens with one attached hydrogen (secondary N) is 1. The van der Waals surface area contributed by atoms with Crippen LogP contribution in [0.4, 0.5) is 0 Å². The molecular weight excluding hydrogens is 487 g/mol. The molecular formula is C27H20Cl2N2O4. The molecule has 0 aliphatic heterocycles. The van der Waals surface area contributed by atoms with Crippen molar-refractivity contribution in [2.24, 2.45) is 0 Å². The average molecular weight is 507 g/mol. The van der Waals surface area contributed by atoms with Gasteiger partial charge in [0.15, 0.2) is 11.5 Å². The lowest BCUT2D eigenvalue weighted by atomic mass is 10.1. The van der Waals surface area contributed by atoms with Gasteiger partial charge in [0.1, 0.15) is 11.6 Å². The van der Waals surface area contributed by atoms with E-state index in [4.69, 9.17) is 32.7 Å². The minimum atomic E-state index is -0.629. The van der Waals surface area contributed by atoms with Gasteiger partial charge in [-0.1, -0.05) is 65.7 Å². The highest BCUT2D eigenvalue weighted by molar-refractivity contribution is 6.42. The number of hydrogen-bond acceptors (Lipinski definition) is 5. The SMILES string of the molecule is COc1cc(/C=C(\C#N)C(=O)NCc2ccccc2)ccc1OC(=O)/C=C/c1ccc(Cl)c(Cl)c1. The van der Waals surface area contributed by atoms with Crippen LogP contribution in [0.15, 0.2) is 78.4 Å². The van der Waals surface area contributed by atoms with Gasteiger partial charge in [0.2, 0.25) is 0 Å². The molecule has 0 aliphatic carbocycles. The maximum Gasteiger partial charge on any atom is 0.336 e. The third-order valence-electron chi connectivity index (χ3n) is 4.73. The Kier molecular flexibility index (Phi) is 9.08. The van der Waals surface area contributed by atoms with Crippen molar-refractivity contribution in [3.8, 4) is 17.6 Å². The molecule has 0 radical (unpaired) electrons. The molecule has 0 aliphatic rings. The summed E-state index contributed by atoms with van der Waals surface area (Å²) in [5, 5.41) is 12.9. The zero-order valence-electron chi connectivity index (χ0n) is 18.6. The first kappa shape index (κ1) is 25.6. The Labute approximate surface area is 213 Å². The third-order valence-corrected chi connectivity index (χ3v) is 5.46. The highest BCUT2D eigenvalue weighted by Crippen LogP contribution is 2.29. The van der Waals surface area contributed by atoms with Gasteiger partial charge in [-0.2, -0.15) is 5.26 Å². The highest BCUT2D eigenvalue weighted by atomic mass is 35.5. The van der Waals surface area contributed by atoms with Crippen LogP contribution in [0, 0.1) is 11.3 Å². The molecule has 3 rings (SSSR count). The van der Waals surface area contributed by atoms with E-state index in [0.29, 0.717) is 27.7 Å². The summed E-state index contributed by atoms with van der Waals surface area (Å²) >= 11 is 11.9. The van der Waals surface area contributed by atoms with Crippen molar-refractivity contribution in [1.29, 1.82) is 5.26 Å². The second-order valence-electron chi connectivity index (χ2n) is 7.18. The van der Waals surface area contributed by atoms with Gasteiger partial charge in [-0.3, -0.25) is 4.79 Å². The van der Waals surface area contributed by atoms with Crippen molar-refractivity contribution in [3.05, 3.63) is 105 Å². The molecule has 0 unspecified atom stereocenters. The van der Waals surface area contributed by atoms with Gasteiger partial charge in [-0.15, -0.1) is 0 Å². The number of amides is 1. The number of esters is 1. The quantitative estimate of drug-likeness (QED) is 0.179. The maximum atomic E-state index is 12.4. The summed E-state index contributed by atoms with van der Waals surface area (Å²) in [4.78, 5) is 24.7. The molecule has 0 saturated carbocycles. The Bertz CT molecular complexity index is 1330. The number of carbonyl (C=O) groups excluding carboxylic acids is 2. The van der Waals surface area contributed by atoms with Crippen LogP contribution in [0.2, 0.25) is 10.0 Å². The predicted molar refractivity (Wildman–Crippen MR) is 136 cm³/mol. The number of nitriles is 1. The molecule has 0 heterocycles. The molecule has 0 fully saturated rings. The molecule has 3 aromatic carbocycles. The average Bonchev–Trinajstić information content (AvgIpc) is 2.87. The molecule has 1 N–H and O–H groups in total. The monoisotopic (exact) mass is 506 g/mol. The van der Waals surface area contributed by atoms with Crippen LogP contribution in [0.25, 0.3) is 12.2 Å². The Hall–Kier alpha value is -4.05. The molecule has 176 valence electrons. The van der Waals surface area contributed by atoms with E-state index in [0.717, 1.165) is 5.56 Å². The third kappa shape index (κ3) is 7.47. The van der Waals surface area contributed by atoms with E-state index in [1.54, 1.807) is 36.4 Å². The molecule has 0 atom stereocenters. The van der Waals surface area contributed by atoms with E-state index in [1.165, 1.54) is 25.3 Å². The topological polar surface area (TPSA) is 88.4 Å². The number of carbonyl (C=O) groups is 2. The first-order chi connectivity index (χ1) is 16.9.